The quantitative estimate of drug-likeness (QED) is 0.614. The van der Waals surface area contributed by atoms with Crippen molar-refractivity contribution >= 4 is 22.0 Å². The third-order valence-electron chi connectivity index (χ3n) is 2.07. The molecule has 2 rings (SSSR count). The fourth-order valence-electron chi connectivity index (χ4n) is 1.38. The van der Waals surface area contributed by atoms with E-state index in [1.165, 1.54) is 6.08 Å². The van der Waals surface area contributed by atoms with E-state index in [2.05, 4.69) is 20.9 Å². The molecule has 0 radical (unpaired) electrons. The minimum atomic E-state index is -0.872. The monoisotopic (exact) mass is 280 g/mol. The number of carbonyl (C=O) groups excluding carboxylic acids is 1. The highest BCUT2D eigenvalue weighted by Gasteiger charge is 2.21. The molecule has 1 unspecified atom stereocenters. The molecule has 5 nitrogen and oxygen atoms in total. The van der Waals surface area contributed by atoms with Gasteiger partial charge in [0.2, 0.25) is 12.9 Å². The summed E-state index contributed by atoms with van der Waals surface area (Å²) in [6, 6.07) is 4.32. The van der Waals surface area contributed by atoms with Crippen LogP contribution in [-0.4, -0.2) is 12.9 Å². The number of nitriles is 1. The van der Waals surface area contributed by atoms with Crippen LogP contribution in [0.5, 0.6) is 11.5 Å². The first kappa shape index (κ1) is 10.7. The Balaban J connectivity index is 2.47. The standard InChI is InChI=1S/C10H5BrN2O3/c11-7-1-6(8(3-12)13-4-14)2-9-10(7)16-5-15-9/h1-2,8H,5H2. The number of hydrogen-bond donors (Lipinski definition) is 0. The van der Waals surface area contributed by atoms with E-state index in [9.17, 15) is 4.79 Å². The van der Waals surface area contributed by atoms with Gasteiger partial charge in [-0.05, 0) is 33.6 Å². The van der Waals surface area contributed by atoms with Gasteiger partial charge in [-0.25, -0.2) is 4.79 Å². The molecule has 0 saturated carbocycles. The van der Waals surface area contributed by atoms with Gasteiger partial charge in [-0.2, -0.15) is 10.3 Å². The molecule has 6 heteroatoms. The van der Waals surface area contributed by atoms with Gasteiger partial charge in [0.05, 0.1) is 10.5 Å². The molecule has 0 amide bonds. The second kappa shape index (κ2) is 4.35. The molecular formula is C10H5BrN2O3. The molecule has 0 N–H and O–H groups in total. The fraction of sp³-hybridized carbons (Fsp3) is 0.200. The van der Waals surface area contributed by atoms with Crippen LogP contribution in [0.15, 0.2) is 21.6 Å². The number of aliphatic imine (C=N–C) groups is 1. The Hall–Kier alpha value is -1.83. The van der Waals surface area contributed by atoms with Crippen LogP contribution < -0.4 is 9.47 Å². The number of fused-ring (bicyclic) bond motifs is 1. The molecule has 0 aliphatic carbocycles. The van der Waals surface area contributed by atoms with E-state index in [4.69, 9.17) is 14.7 Å². The molecule has 0 bridgehead atoms. The highest BCUT2D eigenvalue weighted by Crippen LogP contribution is 2.41. The van der Waals surface area contributed by atoms with E-state index in [-0.39, 0.29) is 6.79 Å². The number of rotatable bonds is 2. The van der Waals surface area contributed by atoms with Crippen LogP contribution in [0.2, 0.25) is 0 Å². The molecule has 1 aliphatic heterocycles. The van der Waals surface area contributed by atoms with Crippen molar-refractivity contribution in [2.24, 2.45) is 4.99 Å². The first-order valence-corrected chi connectivity index (χ1v) is 5.11. The van der Waals surface area contributed by atoms with Crippen molar-refractivity contribution in [2.45, 2.75) is 6.04 Å². The second-order valence-electron chi connectivity index (χ2n) is 2.99. The number of ether oxygens (including phenoxy) is 2. The first-order valence-electron chi connectivity index (χ1n) is 4.32. The van der Waals surface area contributed by atoms with Crippen molar-refractivity contribution < 1.29 is 14.3 Å². The predicted octanol–water partition coefficient (Wildman–Crippen LogP) is 2.08. The maximum absolute atomic E-state index is 10.2. The Morgan fingerprint density at radius 2 is 2.31 bits per heavy atom. The third-order valence-corrected chi connectivity index (χ3v) is 2.66. The normalized spacial score (nSPS) is 13.8. The van der Waals surface area contributed by atoms with E-state index < -0.39 is 6.04 Å². The van der Waals surface area contributed by atoms with Crippen LogP contribution in [0.25, 0.3) is 0 Å². The Bertz CT molecular complexity index is 518. The summed E-state index contributed by atoms with van der Waals surface area (Å²) < 4.78 is 11.1. The zero-order valence-electron chi connectivity index (χ0n) is 7.94. The number of benzene rings is 1. The van der Waals surface area contributed by atoms with Gasteiger partial charge in [-0.15, -0.1) is 0 Å². The van der Waals surface area contributed by atoms with Crippen LogP contribution in [0.3, 0.4) is 0 Å². The Morgan fingerprint density at radius 1 is 1.50 bits per heavy atom. The van der Waals surface area contributed by atoms with Crippen LogP contribution in [0.4, 0.5) is 0 Å². The lowest BCUT2D eigenvalue weighted by molar-refractivity contribution is 0.173. The SMILES string of the molecule is N#CC(N=C=O)c1cc(Br)c2c(c1)OCO2. The molecule has 1 aromatic rings. The Kier molecular flexibility index (Phi) is 2.91. The molecule has 0 spiro atoms. The topological polar surface area (TPSA) is 71.7 Å². The van der Waals surface area contributed by atoms with E-state index in [1.807, 2.05) is 6.07 Å². The van der Waals surface area contributed by atoms with Gasteiger partial charge in [0.15, 0.2) is 17.5 Å². The van der Waals surface area contributed by atoms with Gasteiger partial charge < -0.3 is 9.47 Å². The fourth-order valence-corrected chi connectivity index (χ4v) is 1.95. The Labute approximate surface area is 99.4 Å². The van der Waals surface area contributed by atoms with E-state index in [0.29, 0.717) is 21.5 Å². The molecule has 16 heavy (non-hydrogen) atoms. The lowest BCUT2D eigenvalue weighted by Gasteiger charge is -2.05. The van der Waals surface area contributed by atoms with Gasteiger partial charge in [-0.3, -0.25) is 0 Å². The van der Waals surface area contributed by atoms with Gasteiger partial charge in [-0.1, -0.05) is 0 Å². The number of hydrogen-bond acceptors (Lipinski definition) is 5. The predicted molar refractivity (Wildman–Crippen MR) is 56.7 cm³/mol. The highest BCUT2D eigenvalue weighted by molar-refractivity contribution is 9.10. The zero-order chi connectivity index (χ0) is 11.5. The maximum atomic E-state index is 10.2. The molecule has 1 aromatic carbocycles. The number of nitrogens with zero attached hydrogens (tertiary/aromatic N) is 2. The molecule has 0 aromatic heterocycles. The minimum absolute atomic E-state index is 0.144. The van der Waals surface area contributed by atoms with Crippen molar-refractivity contribution in [3.63, 3.8) is 0 Å². The second-order valence-corrected chi connectivity index (χ2v) is 3.84. The van der Waals surface area contributed by atoms with Crippen molar-refractivity contribution in [3.05, 3.63) is 22.2 Å². The number of halogens is 1. The van der Waals surface area contributed by atoms with Crippen molar-refractivity contribution in [1.82, 2.24) is 0 Å². The minimum Gasteiger partial charge on any atom is -0.454 e. The van der Waals surface area contributed by atoms with Crippen LogP contribution in [-0.2, 0) is 4.79 Å². The van der Waals surface area contributed by atoms with Gasteiger partial charge >= 0.3 is 0 Å². The lowest BCUT2D eigenvalue weighted by atomic mass is 10.1. The summed E-state index contributed by atoms with van der Waals surface area (Å²) in [6.45, 7) is 0.144. The molecule has 1 aliphatic rings. The molecule has 1 atom stereocenters. The van der Waals surface area contributed by atoms with Crippen molar-refractivity contribution in [3.8, 4) is 17.6 Å². The van der Waals surface area contributed by atoms with Gasteiger partial charge in [0.1, 0.15) is 0 Å². The average Bonchev–Trinajstić information content (AvgIpc) is 2.74. The lowest BCUT2D eigenvalue weighted by Crippen LogP contribution is -1.93. The average molecular weight is 281 g/mol. The summed E-state index contributed by atoms with van der Waals surface area (Å²) in [7, 11) is 0. The summed E-state index contributed by atoms with van der Waals surface area (Å²) >= 11 is 3.29. The van der Waals surface area contributed by atoms with E-state index in [0.717, 1.165) is 0 Å². The van der Waals surface area contributed by atoms with E-state index >= 15 is 0 Å². The largest absolute Gasteiger partial charge is 0.454 e. The smallest absolute Gasteiger partial charge is 0.236 e. The first-order chi connectivity index (χ1) is 7.76. The summed E-state index contributed by atoms with van der Waals surface area (Å²) in [4.78, 5) is 13.6. The van der Waals surface area contributed by atoms with Crippen LogP contribution in [0.1, 0.15) is 11.6 Å². The molecular weight excluding hydrogens is 276 g/mol. The third kappa shape index (κ3) is 1.78. The number of isocyanates is 1. The van der Waals surface area contributed by atoms with E-state index in [1.54, 1.807) is 12.1 Å². The summed E-state index contributed by atoms with van der Waals surface area (Å²) in [5, 5.41) is 8.84. The van der Waals surface area contributed by atoms with Crippen LogP contribution >= 0.6 is 15.9 Å². The maximum Gasteiger partial charge on any atom is 0.236 e. The molecule has 0 fully saturated rings. The van der Waals surface area contributed by atoms with Crippen molar-refractivity contribution in [1.29, 1.82) is 5.26 Å². The highest BCUT2D eigenvalue weighted by atomic mass is 79.9. The zero-order valence-corrected chi connectivity index (χ0v) is 9.52. The van der Waals surface area contributed by atoms with Crippen molar-refractivity contribution in [2.75, 3.05) is 6.79 Å². The Morgan fingerprint density at radius 3 is 3.00 bits per heavy atom. The van der Waals surface area contributed by atoms with Gasteiger partial charge in [0.25, 0.3) is 0 Å². The van der Waals surface area contributed by atoms with Gasteiger partial charge in [0, 0.05) is 0 Å². The molecule has 1 heterocycles. The van der Waals surface area contributed by atoms with Crippen LogP contribution in [0, 0.1) is 11.3 Å². The molecule has 80 valence electrons. The summed E-state index contributed by atoms with van der Waals surface area (Å²) in [5.74, 6) is 1.13. The summed E-state index contributed by atoms with van der Waals surface area (Å²) in [5.41, 5.74) is 0.557. The summed E-state index contributed by atoms with van der Waals surface area (Å²) in [6.07, 6.45) is 1.37. The molecule has 0 saturated heterocycles.